The van der Waals surface area contributed by atoms with Crippen LogP contribution in [0.2, 0.25) is 0 Å². The van der Waals surface area contributed by atoms with E-state index in [1.807, 2.05) is 42.1 Å². The van der Waals surface area contributed by atoms with Gasteiger partial charge in [-0.1, -0.05) is 37.3 Å². The van der Waals surface area contributed by atoms with E-state index in [0.29, 0.717) is 0 Å². The van der Waals surface area contributed by atoms with Crippen LogP contribution < -0.4 is 5.32 Å². The third kappa shape index (κ3) is 4.79. The molecule has 3 nitrogen and oxygen atoms in total. The molecule has 0 saturated carbocycles. The van der Waals surface area contributed by atoms with Crippen molar-refractivity contribution in [3.8, 4) is 0 Å². The molecule has 1 atom stereocenters. The highest BCUT2D eigenvalue weighted by atomic mass is 32.2. The summed E-state index contributed by atoms with van der Waals surface area (Å²) in [6.45, 7) is 2.92. The molecule has 0 aliphatic heterocycles. The van der Waals surface area contributed by atoms with Crippen LogP contribution in [0.25, 0.3) is 0 Å². The van der Waals surface area contributed by atoms with Gasteiger partial charge in [-0.2, -0.15) is 11.8 Å². The summed E-state index contributed by atoms with van der Waals surface area (Å²) in [6.07, 6.45) is 0. The fourth-order valence-corrected chi connectivity index (χ4v) is 2.07. The number of rotatable bonds is 7. The van der Waals surface area contributed by atoms with Crippen molar-refractivity contribution in [1.82, 2.24) is 5.32 Å². The van der Waals surface area contributed by atoms with E-state index in [-0.39, 0.29) is 12.0 Å². The number of esters is 1. The van der Waals surface area contributed by atoms with E-state index in [1.165, 1.54) is 7.11 Å². The van der Waals surface area contributed by atoms with Gasteiger partial charge < -0.3 is 4.74 Å². The van der Waals surface area contributed by atoms with Crippen LogP contribution in [0, 0.1) is 0 Å². The minimum Gasteiger partial charge on any atom is -0.468 e. The molecule has 17 heavy (non-hydrogen) atoms. The van der Waals surface area contributed by atoms with E-state index in [0.717, 1.165) is 23.6 Å². The first-order valence-corrected chi connectivity index (χ1v) is 6.89. The Morgan fingerprint density at radius 1 is 1.41 bits per heavy atom. The van der Waals surface area contributed by atoms with E-state index < -0.39 is 0 Å². The highest BCUT2D eigenvalue weighted by molar-refractivity contribution is 7.99. The summed E-state index contributed by atoms with van der Waals surface area (Å²) in [6, 6.07) is 9.29. The second kappa shape index (κ2) is 8.14. The lowest BCUT2D eigenvalue weighted by molar-refractivity contribution is -0.143. The van der Waals surface area contributed by atoms with E-state index in [1.54, 1.807) is 0 Å². The molecular formula is C13H19NO2S. The van der Waals surface area contributed by atoms with Gasteiger partial charge in [-0.25, -0.2) is 4.79 Å². The van der Waals surface area contributed by atoms with Crippen molar-refractivity contribution >= 4 is 17.7 Å². The molecule has 0 bridgehead atoms. The Kier molecular flexibility index (Phi) is 6.74. The first-order chi connectivity index (χ1) is 8.29. The van der Waals surface area contributed by atoms with Gasteiger partial charge in [-0.15, -0.1) is 0 Å². The summed E-state index contributed by atoms with van der Waals surface area (Å²) in [5.74, 6) is 1.85. The van der Waals surface area contributed by atoms with Gasteiger partial charge in [-0.05, 0) is 11.3 Å². The zero-order valence-electron chi connectivity index (χ0n) is 10.3. The van der Waals surface area contributed by atoms with Crippen LogP contribution in [0.3, 0.4) is 0 Å². The Hall–Kier alpha value is -1.00. The topological polar surface area (TPSA) is 38.3 Å². The van der Waals surface area contributed by atoms with Gasteiger partial charge in [0, 0.05) is 12.3 Å². The standard InChI is InChI=1S/C13H19NO2S/c1-3-17-10-9-14-12(13(15)16-2)11-7-5-4-6-8-11/h4-8,12,14H,3,9-10H2,1-2H3. The average molecular weight is 253 g/mol. The van der Waals surface area contributed by atoms with Crippen molar-refractivity contribution in [2.75, 3.05) is 25.2 Å². The summed E-state index contributed by atoms with van der Waals surface area (Å²) in [5, 5.41) is 3.23. The van der Waals surface area contributed by atoms with Gasteiger partial charge in [0.25, 0.3) is 0 Å². The minimum absolute atomic E-state index is 0.238. The fraction of sp³-hybridized carbons (Fsp3) is 0.462. The number of methoxy groups -OCH3 is 1. The predicted octanol–water partition coefficient (Wildman–Crippen LogP) is 2.24. The van der Waals surface area contributed by atoms with Gasteiger partial charge in [0.15, 0.2) is 0 Å². The number of benzene rings is 1. The number of carbonyl (C=O) groups excluding carboxylic acids is 1. The molecule has 4 heteroatoms. The Morgan fingerprint density at radius 2 is 2.12 bits per heavy atom. The molecule has 0 aliphatic carbocycles. The van der Waals surface area contributed by atoms with Crippen LogP contribution in [0.1, 0.15) is 18.5 Å². The molecule has 0 aromatic heterocycles. The van der Waals surface area contributed by atoms with Crippen LogP contribution in [0.5, 0.6) is 0 Å². The molecule has 0 aliphatic rings. The molecule has 94 valence electrons. The van der Waals surface area contributed by atoms with Crippen molar-refractivity contribution in [3.63, 3.8) is 0 Å². The summed E-state index contributed by atoms with van der Waals surface area (Å²) in [4.78, 5) is 11.7. The molecule has 1 N–H and O–H groups in total. The maximum absolute atomic E-state index is 11.7. The zero-order valence-corrected chi connectivity index (χ0v) is 11.1. The molecule has 0 fully saturated rings. The molecule has 1 aromatic carbocycles. The predicted molar refractivity (Wildman–Crippen MR) is 72.2 cm³/mol. The van der Waals surface area contributed by atoms with Crippen LogP contribution in [-0.4, -0.2) is 31.1 Å². The van der Waals surface area contributed by atoms with Gasteiger partial charge in [-0.3, -0.25) is 5.32 Å². The second-order valence-electron chi connectivity index (χ2n) is 3.52. The highest BCUT2D eigenvalue weighted by Gasteiger charge is 2.19. The molecule has 0 spiro atoms. The first-order valence-electron chi connectivity index (χ1n) is 5.73. The number of thioether (sulfide) groups is 1. The molecule has 0 amide bonds. The van der Waals surface area contributed by atoms with E-state index >= 15 is 0 Å². The molecular weight excluding hydrogens is 234 g/mol. The van der Waals surface area contributed by atoms with Crippen LogP contribution in [-0.2, 0) is 9.53 Å². The maximum atomic E-state index is 11.7. The lowest BCUT2D eigenvalue weighted by Gasteiger charge is -2.16. The quantitative estimate of drug-likeness (QED) is 0.597. The molecule has 0 radical (unpaired) electrons. The van der Waals surface area contributed by atoms with Gasteiger partial charge >= 0.3 is 5.97 Å². The van der Waals surface area contributed by atoms with E-state index in [9.17, 15) is 4.79 Å². The molecule has 1 aromatic rings. The normalized spacial score (nSPS) is 12.1. The van der Waals surface area contributed by atoms with E-state index in [2.05, 4.69) is 12.2 Å². The molecule has 0 heterocycles. The zero-order chi connectivity index (χ0) is 12.5. The van der Waals surface area contributed by atoms with Gasteiger partial charge in [0.05, 0.1) is 7.11 Å². The summed E-state index contributed by atoms with van der Waals surface area (Å²) in [5.41, 5.74) is 0.945. The molecule has 1 unspecified atom stereocenters. The fourth-order valence-electron chi connectivity index (χ4n) is 1.52. The van der Waals surface area contributed by atoms with Crippen LogP contribution in [0.15, 0.2) is 30.3 Å². The number of ether oxygens (including phenoxy) is 1. The van der Waals surface area contributed by atoms with E-state index in [4.69, 9.17) is 4.74 Å². The van der Waals surface area contributed by atoms with Crippen LogP contribution in [0.4, 0.5) is 0 Å². The summed E-state index contributed by atoms with van der Waals surface area (Å²) < 4.78 is 4.82. The smallest absolute Gasteiger partial charge is 0.327 e. The minimum atomic E-state index is -0.362. The van der Waals surface area contributed by atoms with Crippen molar-refractivity contribution < 1.29 is 9.53 Å². The number of hydrogen-bond donors (Lipinski definition) is 1. The van der Waals surface area contributed by atoms with Crippen LogP contribution >= 0.6 is 11.8 Å². The van der Waals surface area contributed by atoms with Crippen molar-refractivity contribution in [2.45, 2.75) is 13.0 Å². The molecule has 0 saturated heterocycles. The Labute approximate surface area is 107 Å². The number of carbonyl (C=O) groups is 1. The SMILES string of the molecule is CCSCCNC(C(=O)OC)c1ccccc1. The summed E-state index contributed by atoms with van der Waals surface area (Å²) >= 11 is 1.85. The second-order valence-corrected chi connectivity index (χ2v) is 4.91. The van der Waals surface area contributed by atoms with Crippen molar-refractivity contribution in [1.29, 1.82) is 0 Å². The monoisotopic (exact) mass is 253 g/mol. The largest absolute Gasteiger partial charge is 0.468 e. The average Bonchev–Trinajstić information content (AvgIpc) is 2.39. The van der Waals surface area contributed by atoms with Crippen molar-refractivity contribution in [3.05, 3.63) is 35.9 Å². The molecule has 1 rings (SSSR count). The lowest BCUT2D eigenvalue weighted by atomic mass is 10.1. The number of nitrogens with one attached hydrogen (secondary N) is 1. The van der Waals surface area contributed by atoms with Gasteiger partial charge in [0.2, 0.25) is 0 Å². The lowest BCUT2D eigenvalue weighted by Crippen LogP contribution is -2.31. The Morgan fingerprint density at radius 3 is 2.71 bits per heavy atom. The number of hydrogen-bond acceptors (Lipinski definition) is 4. The Bertz CT molecular complexity index is 329. The highest BCUT2D eigenvalue weighted by Crippen LogP contribution is 2.14. The third-order valence-electron chi connectivity index (χ3n) is 2.37. The third-order valence-corrected chi connectivity index (χ3v) is 3.27. The van der Waals surface area contributed by atoms with Crippen molar-refractivity contribution in [2.24, 2.45) is 0 Å². The summed E-state index contributed by atoms with van der Waals surface area (Å²) in [7, 11) is 1.42. The maximum Gasteiger partial charge on any atom is 0.327 e. The van der Waals surface area contributed by atoms with Gasteiger partial charge in [0.1, 0.15) is 6.04 Å². The first kappa shape index (κ1) is 14.1. The Balaban J connectivity index is 2.59.